The van der Waals surface area contributed by atoms with Gasteiger partial charge in [0, 0.05) is 13.5 Å². The molecule has 0 spiro atoms. The van der Waals surface area contributed by atoms with Crippen molar-refractivity contribution < 1.29 is 57.5 Å². The van der Waals surface area contributed by atoms with Gasteiger partial charge < -0.3 is 4.74 Å². The van der Waals surface area contributed by atoms with E-state index in [4.69, 9.17) is 0 Å². The minimum Gasteiger partial charge on any atom is -0.461 e. The summed E-state index contributed by atoms with van der Waals surface area (Å²) < 4.78 is 142. The highest BCUT2D eigenvalue weighted by molar-refractivity contribution is 7.89. The van der Waals surface area contributed by atoms with Crippen LogP contribution in [0, 0.1) is 0 Å². The van der Waals surface area contributed by atoms with E-state index < -0.39 is 57.8 Å². The van der Waals surface area contributed by atoms with Crippen molar-refractivity contribution in [2.75, 3.05) is 19.4 Å². The molecule has 0 heterocycles. The Morgan fingerprint density at radius 2 is 1.44 bits per heavy atom. The zero-order chi connectivity index (χ0) is 22.1. The predicted molar refractivity (Wildman–Crippen MR) is 72.8 cm³/mol. The molecule has 0 radical (unpaired) electrons. The Kier molecular flexibility index (Phi) is 7.27. The molecule has 0 unspecified atom stereocenters. The maximum atomic E-state index is 13.4. The topological polar surface area (TPSA) is 63.7 Å². The molecular weight excluding hydrogens is 425 g/mol. The SMILES string of the molecule is C=C(C(=O)OCC)N(C)S(=O)(=O)CCC(F)(F)C(F)(F)C(F)(F)C(F)(F)F. The normalized spacial score (nSPS) is 14.0. The van der Waals surface area contributed by atoms with Crippen LogP contribution in [0.5, 0.6) is 0 Å². The Morgan fingerprint density at radius 3 is 1.81 bits per heavy atom. The molecule has 0 aromatic heterocycles. The van der Waals surface area contributed by atoms with Crippen LogP contribution in [0.4, 0.5) is 39.5 Å². The number of alkyl halides is 9. The Morgan fingerprint density at radius 1 is 1.00 bits per heavy atom. The summed E-state index contributed by atoms with van der Waals surface area (Å²) in [5, 5.41) is 0. The van der Waals surface area contributed by atoms with Crippen LogP contribution in [-0.4, -0.2) is 62.0 Å². The highest BCUT2D eigenvalue weighted by atomic mass is 32.2. The number of hydrogen-bond acceptors (Lipinski definition) is 4. The van der Waals surface area contributed by atoms with E-state index in [2.05, 4.69) is 11.3 Å². The minimum atomic E-state index is -7.12. The van der Waals surface area contributed by atoms with Crippen LogP contribution < -0.4 is 0 Å². The van der Waals surface area contributed by atoms with E-state index in [0.717, 1.165) is 0 Å². The molecular formula is C12H14F9NO4S. The lowest BCUT2D eigenvalue weighted by molar-refractivity contribution is -0.396. The molecule has 27 heavy (non-hydrogen) atoms. The average molecular weight is 439 g/mol. The zero-order valence-corrected chi connectivity index (χ0v) is 14.5. The second-order valence-corrected chi connectivity index (χ2v) is 7.17. The molecule has 0 saturated heterocycles. The lowest BCUT2D eigenvalue weighted by Gasteiger charge is -2.33. The zero-order valence-electron chi connectivity index (χ0n) is 13.7. The number of hydrogen-bond donors (Lipinski definition) is 0. The number of sulfonamides is 1. The smallest absolute Gasteiger partial charge is 0.460 e. The maximum Gasteiger partial charge on any atom is 0.460 e. The summed E-state index contributed by atoms with van der Waals surface area (Å²) in [7, 11) is -4.41. The highest BCUT2D eigenvalue weighted by Crippen LogP contribution is 2.54. The quantitative estimate of drug-likeness (QED) is 0.315. The number of likely N-dealkylation sites (N-methyl/N-ethyl adjacent to an activating group) is 1. The number of rotatable bonds is 9. The van der Waals surface area contributed by atoms with E-state index in [1.165, 1.54) is 6.92 Å². The van der Waals surface area contributed by atoms with E-state index >= 15 is 0 Å². The van der Waals surface area contributed by atoms with E-state index in [-0.39, 0.29) is 10.9 Å². The van der Waals surface area contributed by atoms with Gasteiger partial charge in [-0.15, -0.1) is 0 Å². The van der Waals surface area contributed by atoms with Gasteiger partial charge in [0.2, 0.25) is 10.0 Å². The summed E-state index contributed by atoms with van der Waals surface area (Å²) in [6.45, 7) is 4.06. The van der Waals surface area contributed by atoms with Crippen molar-refractivity contribution in [1.29, 1.82) is 0 Å². The van der Waals surface area contributed by atoms with Gasteiger partial charge in [0.1, 0.15) is 5.70 Å². The summed E-state index contributed by atoms with van der Waals surface area (Å²) in [6, 6.07) is 0. The predicted octanol–water partition coefficient (Wildman–Crippen LogP) is 3.18. The van der Waals surface area contributed by atoms with Crippen LogP contribution in [0.15, 0.2) is 12.3 Å². The van der Waals surface area contributed by atoms with Crippen molar-refractivity contribution in [3.05, 3.63) is 12.3 Å². The Bertz CT molecular complexity index is 673. The van der Waals surface area contributed by atoms with Gasteiger partial charge in [-0.2, -0.15) is 39.5 Å². The Balaban J connectivity index is 5.49. The van der Waals surface area contributed by atoms with Gasteiger partial charge in [-0.1, -0.05) is 6.58 Å². The van der Waals surface area contributed by atoms with Crippen molar-refractivity contribution in [3.63, 3.8) is 0 Å². The Hall–Kier alpha value is -1.67. The van der Waals surface area contributed by atoms with Crippen molar-refractivity contribution >= 4 is 16.0 Å². The third-order valence-corrected chi connectivity index (χ3v) is 4.97. The van der Waals surface area contributed by atoms with Crippen LogP contribution in [-0.2, 0) is 19.6 Å². The first-order chi connectivity index (χ1) is 11.8. The summed E-state index contributed by atoms with van der Waals surface area (Å²) >= 11 is 0. The molecule has 0 aliphatic rings. The lowest BCUT2D eigenvalue weighted by atomic mass is 10.0. The van der Waals surface area contributed by atoms with Crippen LogP contribution in [0.2, 0.25) is 0 Å². The third kappa shape index (κ3) is 4.99. The van der Waals surface area contributed by atoms with Crippen molar-refractivity contribution in [1.82, 2.24) is 4.31 Å². The van der Waals surface area contributed by atoms with Crippen molar-refractivity contribution in [3.8, 4) is 0 Å². The van der Waals surface area contributed by atoms with Gasteiger partial charge in [-0.3, -0.25) is 4.31 Å². The number of carbonyl (C=O) groups is 1. The van der Waals surface area contributed by atoms with Crippen LogP contribution >= 0.6 is 0 Å². The van der Waals surface area contributed by atoms with Gasteiger partial charge in [0.25, 0.3) is 0 Å². The lowest BCUT2D eigenvalue weighted by Crippen LogP contribution is -2.61. The molecule has 0 amide bonds. The van der Waals surface area contributed by atoms with Gasteiger partial charge in [0.15, 0.2) is 0 Å². The van der Waals surface area contributed by atoms with E-state index in [1.54, 1.807) is 0 Å². The average Bonchev–Trinajstić information content (AvgIpc) is 2.50. The summed E-state index contributed by atoms with van der Waals surface area (Å²) in [5.41, 5.74) is -0.924. The van der Waals surface area contributed by atoms with Crippen LogP contribution in [0.1, 0.15) is 13.3 Å². The van der Waals surface area contributed by atoms with Crippen molar-refractivity contribution in [2.24, 2.45) is 0 Å². The van der Waals surface area contributed by atoms with E-state index in [9.17, 15) is 52.7 Å². The highest BCUT2D eigenvalue weighted by Gasteiger charge is 2.81. The van der Waals surface area contributed by atoms with E-state index in [1.807, 2.05) is 0 Å². The monoisotopic (exact) mass is 439 g/mol. The molecule has 0 saturated carbocycles. The summed E-state index contributed by atoms with van der Waals surface area (Å²) in [6.07, 6.45) is -9.59. The number of esters is 1. The molecule has 0 atom stereocenters. The molecule has 0 fully saturated rings. The molecule has 0 bridgehead atoms. The van der Waals surface area contributed by atoms with Crippen molar-refractivity contribution in [2.45, 2.75) is 37.3 Å². The van der Waals surface area contributed by atoms with Gasteiger partial charge >= 0.3 is 29.9 Å². The fraction of sp³-hybridized carbons (Fsp3) is 0.750. The molecule has 15 heteroatoms. The number of nitrogens with zero attached hydrogens (tertiary/aromatic N) is 1. The third-order valence-electron chi connectivity index (χ3n) is 3.19. The maximum absolute atomic E-state index is 13.4. The largest absolute Gasteiger partial charge is 0.461 e. The number of halogens is 9. The number of carbonyl (C=O) groups excluding carboxylic acids is 1. The standard InChI is InChI=1S/C12H14F9NO4S/c1-4-26-8(23)7(2)22(3)27(24,25)6-5-9(13,14)10(15,16)11(17,18)12(19,20)21/h2,4-6H2,1,3H3. The minimum absolute atomic E-state index is 0.0406. The first-order valence-corrected chi connectivity index (χ1v) is 8.40. The molecule has 0 N–H and O–H groups in total. The molecule has 160 valence electrons. The van der Waals surface area contributed by atoms with E-state index in [0.29, 0.717) is 7.05 Å². The molecule has 0 aliphatic carbocycles. The van der Waals surface area contributed by atoms with Crippen LogP contribution in [0.25, 0.3) is 0 Å². The second kappa shape index (κ2) is 7.75. The fourth-order valence-electron chi connectivity index (χ4n) is 1.47. The Labute approximate surface area is 147 Å². The molecule has 0 aromatic carbocycles. The fourth-order valence-corrected chi connectivity index (χ4v) is 2.67. The first kappa shape index (κ1) is 25.3. The molecule has 0 rings (SSSR count). The second-order valence-electron chi connectivity index (χ2n) is 5.05. The number of ether oxygens (including phenoxy) is 1. The molecule has 0 aliphatic heterocycles. The van der Waals surface area contributed by atoms with Gasteiger partial charge in [-0.05, 0) is 6.92 Å². The van der Waals surface area contributed by atoms with Crippen LogP contribution in [0.3, 0.4) is 0 Å². The molecule has 5 nitrogen and oxygen atoms in total. The summed E-state index contributed by atoms with van der Waals surface area (Å²) in [5.74, 6) is -23.4. The first-order valence-electron chi connectivity index (χ1n) is 6.79. The van der Waals surface area contributed by atoms with Gasteiger partial charge in [0.05, 0.1) is 12.4 Å². The summed E-state index contributed by atoms with van der Waals surface area (Å²) in [4.78, 5) is 11.3. The van der Waals surface area contributed by atoms with Gasteiger partial charge in [-0.25, -0.2) is 13.2 Å². The molecule has 0 aromatic rings.